The maximum Gasteiger partial charge on any atom is 0.328 e. The Kier molecular flexibility index (Phi) is 4.55. The van der Waals surface area contributed by atoms with E-state index in [-0.39, 0.29) is 0 Å². The van der Waals surface area contributed by atoms with Gasteiger partial charge < -0.3 is 19.3 Å². The Labute approximate surface area is 128 Å². The average molecular weight is 306 g/mol. The molecule has 0 bridgehead atoms. The van der Waals surface area contributed by atoms with Crippen molar-refractivity contribution in [1.29, 1.82) is 0 Å². The number of methoxy groups -OCH3 is 3. The van der Waals surface area contributed by atoms with Crippen LogP contribution >= 0.6 is 0 Å². The van der Waals surface area contributed by atoms with Gasteiger partial charge in [0.2, 0.25) is 5.75 Å². The summed E-state index contributed by atoms with van der Waals surface area (Å²) in [4.78, 5) is 11.0. The molecule has 0 aliphatic rings. The minimum Gasteiger partial charge on any atom is -0.493 e. The van der Waals surface area contributed by atoms with Crippen molar-refractivity contribution in [3.05, 3.63) is 24.5 Å². The Bertz CT molecular complexity index is 655. The van der Waals surface area contributed by atoms with Crippen LogP contribution in [0.1, 0.15) is 13.0 Å². The first-order valence-corrected chi connectivity index (χ1v) is 6.59. The zero-order valence-corrected chi connectivity index (χ0v) is 12.9. The Morgan fingerprint density at radius 3 is 2.18 bits per heavy atom. The van der Waals surface area contributed by atoms with Gasteiger partial charge in [0.15, 0.2) is 11.5 Å². The Morgan fingerprint density at radius 2 is 1.73 bits per heavy atom. The second-order valence-electron chi connectivity index (χ2n) is 4.64. The molecule has 0 fully saturated rings. The molecule has 1 aromatic carbocycles. The van der Waals surface area contributed by atoms with Crippen molar-refractivity contribution >= 4 is 5.97 Å². The van der Waals surface area contributed by atoms with Gasteiger partial charge in [0.05, 0.1) is 27.5 Å². The minimum absolute atomic E-state index is 0.500. The van der Waals surface area contributed by atoms with Crippen molar-refractivity contribution in [2.24, 2.45) is 0 Å². The predicted molar refractivity (Wildman–Crippen MR) is 79.7 cm³/mol. The molecule has 1 heterocycles. The highest BCUT2D eigenvalue weighted by Gasteiger charge is 2.17. The maximum absolute atomic E-state index is 11.0. The lowest BCUT2D eigenvalue weighted by Gasteiger charge is -2.13. The highest BCUT2D eigenvalue weighted by Crippen LogP contribution is 2.41. The molecule has 22 heavy (non-hydrogen) atoms. The molecule has 1 atom stereocenters. The quantitative estimate of drug-likeness (QED) is 0.881. The zero-order chi connectivity index (χ0) is 16.3. The average Bonchev–Trinajstić information content (AvgIpc) is 3.02. The van der Waals surface area contributed by atoms with Crippen LogP contribution in [0, 0.1) is 0 Å². The number of carboxylic acids is 1. The number of aromatic nitrogens is 2. The summed E-state index contributed by atoms with van der Waals surface area (Å²) in [6.45, 7) is 1.56. The van der Waals surface area contributed by atoms with Gasteiger partial charge in [0, 0.05) is 11.8 Å². The Hall–Kier alpha value is -2.70. The standard InChI is InChI=1S/C15H18N2O5/c1-9(15(18)19)17-8-11(7-16-17)10-5-12(20-2)14(22-4)13(6-10)21-3/h5-9H,1-4H3,(H,18,19). The van der Waals surface area contributed by atoms with E-state index in [2.05, 4.69) is 5.10 Å². The molecule has 0 saturated heterocycles. The van der Waals surface area contributed by atoms with E-state index < -0.39 is 12.0 Å². The predicted octanol–water partition coefficient (Wildman–Crippen LogP) is 2.22. The van der Waals surface area contributed by atoms with Gasteiger partial charge in [-0.15, -0.1) is 0 Å². The Morgan fingerprint density at radius 1 is 1.14 bits per heavy atom. The molecule has 0 spiro atoms. The van der Waals surface area contributed by atoms with E-state index in [1.165, 1.54) is 26.0 Å². The van der Waals surface area contributed by atoms with Crippen LogP contribution in [-0.2, 0) is 4.79 Å². The molecule has 2 aromatic rings. The highest BCUT2D eigenvalue weighted by atomic mass is 16.5. The van der Waals surface area contributed by atoms with Gasteiger partial charge in [0.25, 0.3) is 0 Å². The summed E-state index contributed by atoms with van der Waals surface area (Å²) in [5.41, 5.74) is 1.55. The third kappa shape index (κ3) is 2.83. The van der Waals surface area contributed by atoms with Crippen molar-refractivity contribution in [3.8, 4) is 28.4 Å². The summed E-state index contributed by atoms with van der Waals surface area (Å²) in [5, 5.41) is 13.1. The van der Waals surface area contributed by atoms with Crippen molar-refractivity contribution in [2.45, 2.75) is 13.0 Å². The number of nitrogens with zero attached hydrogens (tertiary/aromatic N) is 2. The van der Waals surface area contributed by atoms with Crippen molar-refractivity contribution in [1.82, 2.24) is 9.78 Å². The molecule has 2 rings (SSSR count). The first-order chi connectivity index (χ1) is 10.5. The second kappa shape index (κ2) is 6.38. The van der Waals surface area contributed by atoms with E-state index >= 15 is 0 Å². The number of aliphatic carboxylic acids is 1. The van der Waals surface area contributed by atoms with Crippen molar-refractivity contribution in [3.63, 3.8) is 0 Å². The molecule has 7 heteroatoms. The van der Waals surface area contributed by atoms with E-state index in [9.17, 15) is 4.79 Å². The molecule has 1 unspecified atom stereocenters. The summed E-state index contributed by atoms with van der Waals surface area (Å²) in [6.07, 6.45) is 3.26. The summed E-state index contributed by atoms with van der Waals surface area (Å²) >= 11 is 0. The normalized spacial score (nSPS) is 11.8. The van der Waals surface area contributed by atoms with E-state index in [4.69, 9.17) is 19.3 Å². The maximum atomic E-state index is 11.0. The molecule has 1 N–H and O–H groups in total. The zero-order valence-electron chi connectivity index (χ0n) is 12.9. The minimum atomic E-state index is -0.945. The lowest BCUT2D eigenvalue weighted by atomic mass is 10.1. The van der Waals surface area contributed by atoms with Gasteiger partial charge in [-0.1, -0.05) is 0 Å². The summed E-state index contributed by atoms with van der Waals surface area (Å²) in [7, 11) is 4.61. The van der Waals surface area contributed by atoms with E-state index in [1.807, 2.05) is 0 Å². The van der Waals surface area contributed by atoms with E-state index in [0.29, 0.717) is 17.2 Å². The van der Waals surface area contributed by atoms with E-state index in [0.717, 1.165) is 11.1 Å². The van der Waals surface area contributed by atoms with Crippen molar-refractivity contribution < 1.29 is 24.1 Å². The van der Waals surface area contributed by atoms with E-state index in [1.54, 1.807) is 31.5 Å². The lowest BCUT2D eigenvalue weighted by Crippen LogP contribution is -2.15. The fourth-order valence-electron chi connectivity index (χ4n) is 2.06. The monoisotopic (exact) mass is 306 g/mol. The van der Waals surface area contributed by atoms with Crippen LogP contribution in [0.4, 0.5) is 0 Å². The summed E-state index contributed by atoms with van der Waals surface area (Å²) < 4.78 is 17.3. The molecule has 0 radical (unpaired) electrons. The fourth-order valence-corrected chi connectivity index (χ4v) is 2.06. The molecule has 7 nitrogen and oxygen atoms in total. The molecule has 0 saturated carbocycles. The first kappa shape index (κ1) is 15.7. The van der Waals surface area contributed by atoms with Gasteiger partial charge >= 0.3 is 5.97 Å². The van der Waals surface area contributed by atoms with Crippen LogP contribution in [-0.4, -0.2) is 42.2 Å². The number of rotatable bonds is 6. The molecule has 1 aromatic heterocycles. The van der Waals surface area contributed by atoms with Gasteiger partial charge in [-0.3, -0.25) is 4.68 Å². The molecule has 118 valence electrons. The number of carbonyl (C=O) groups is 1. The van der Waals surface area contributed by atoms with Crippen LogP contribution < -0.4 is 14.2 Å². The smallest absolute Gasteiger partial charge is 0.328 e. The molecule has 0 aliphatic carbocycles. The summed E-state index contributed by atoms with van der Waals surface area (Å²) in [5.74, 6) is 0.603. The third-order valence-electron chi connectivity index (χ3n) is 3.35. The first-order valence-electron chi connectivity index (χ1n) is 6.59. The molecule has 0 aliphatic heterocycles. The van der Waals surface area contributed by atoms with Crippen LogP contribution in [0.3, 0.4) is 0 Å². The number of benzene rings is 1. The van der Waals surface area contributed by atoms with Gasteiger partial charge in [0.1, 0.15) is 6.04 Å². The van der Waals surface area contributed by atoms with Gasteiger partial charge in [-0.05, 0) is 24.6 Å². The highest BCUT2D eigenvalue weighted by molar-refractivity contribution is 5.73. The Balaban J connectivity index is 2.47. The second-order valence-corrected chi connectivity index (χ2v) is 4.64. The van der Waals surface area contributed by atoms with Crippen molar-refractivity contribution in [2.75, 3.05) is 21.3 Å². The molecular formula is C15H18N2O5. The van der Waals surface area contributed by atoms with Gasteiger partial charge in [-0.2, -0.15) is 5.10 Å². The van der Waals surface area contributed by atoms with Crippen LogP contribution in [0.2, 0.25) is 0 Å². The summed E-state index contributed by atoms with van der Waals surface area (Å²) in [6, 6.07) is 2.83. The number of hydrogen-bond donors (Lipinski definition) is 1. The molecule has 0 amide bonds. The molecular weight excluding hydrogens is 288 g/mol. The van der Waals surface area contributed by atoms with Crippen LogP contribution in [0.25, 0.3) is 11.1 Å². The number of hydrogen-bond acceptors (Lipinski definition) is 5. The third-order valence-corrected chi connectivity index (χ3v) is 3.35. The number of carboxylic acid groups (broad SMARTS) is 1. The van der Waals surface area contributed by atoms with Gasteiger partial charge in [-0.25, -0.2) is 4.79 Å². The number of ether oxygens (including phenoxy) is 3. The topological polar surface area (TPSA) is 82.8 Å². The van der Waals surface area contributed by atoms with Crippen LogP contribution in [0.15, 0.2) is 24.5 Å². The lowest BCUT2D eigenvalue weighted by molar-refractivity contribution is -0.140. The largest absolute Gasteiger partial charge is 0.493 e. The fraction of sp³-hybridized carbons (Fsp3) is 0.333. The SMILES string of the molecule is COc1cc(-c2cnn(C(C)C(=O)O)c2)cc(OC)c1OC. The van der Waals surface area contributed by atoms with Crippen LogP contribution in [0.5, 0.6) is 17.2 Å².